The van der Waals surface area contributed by atoms with Gasteiger partial charge in [0.2, 0.25) is 5.91 Å². The van der Waals surface area contributed by atoms with E-state index in [1.165, 1.54) is 31.9 Å². The molecule has 28 heavy (non-hydrogen) atoms. The molecule has 1 atom stereocenters. The summed E-state index contributed by atoms with van der Waals surface area (Å²) >= 11 is 0. The van der Waals surface area contributed by atoms with E-state index in [4.69, 9.17) is 4.74 Å². The van der Waals surface area contributed by atoms with Crippen molar-refractivity contribution in [3.63, 3.8) is 0 Å². The minimum Gasteiger partial charge on any atom is -0.490 e. The maximum absolute atomic E-state index is 12.2. The van der Waals surface area contributed by atoms with Crippen LogP contribution in [0.3, 0.4) is 0 Å². The average Bonchev–Trinajstić information content (AvgIpc) is 3.16. The van der Waals surface area contributed by atoms with Crippen LogP contribution >= 0.6 is 0 Å². The van der Waals surface area contributed by atoms with Gasteiger partial charge in [-0.05, 0) is 44.7 Å². The van der Waals surface area contributed by atoms with Gasteiger partial charge in [0.15, 0.2) is 5.78 Å². The number of ether oxygens (including phenoxy) is 1. The smallest absolute Gasteiger partial charge is 0.283 e. The molecule has 0 spiro atoms. The van der Waals surface area contributed by atoms with Gasteiger partial charge in [-0.25, -0.2) is 0 Å². The van der Waals surface area contributed by atoms with Crippen LogP contribution in [0.25, 0.3) is 0 Å². The van der Waals surface area contributed by atoms with E-state index in [0.29, 0.717) is 24.6 Å². The summed E-state index contributed by atoms with van der Waals surface area (Å²) in [4.78, 5) is 34.5. The molecular weight excluding hydrogens is 360 g/mol. The predicted octanol–water partition coefficient (Wildman–Crippen LogP) is 4.57. The third-order valence-corrected chi connectivity index (χ3v) is 5.14. The Morgan fingerprint density at radius 3 is 2.61 bits per heavy atom. The molecule has 0 heterocycles. The zero-order chi connectivity index (χ0) is 20.5. The summed E-state index contributed by atoms with van der Waals surface area (Å²) in [6.45, 7) is 3.38. The number of nitrogens with zero attached hydrogens (tertiary/aromatic N) is 1. The van der Waals surface area contributed by atoms with E-state index in [-0.39, 0.29) is 29.0 Å². The topological polar surface area (TPSA) is 98.5 Å². The highest BCUT2D eigenvalue weighted by atomic mass is 16.6. The molecule has 7 heteroatoms. The van der Waals surface area contributed by atoms with Gasteiger partial charge >= 0.3 is 0 Å². The molecule has 1 aromatic carbocycles. The number of ketones is 1. The third kappa shape index (κ3) is 6.62. The van der Waals surface area contributed by atoms with Crippen LogP contribution in [0.1, 0.15) is 82.0 Å². The highest BCUT2D eigenvalue weighted by molar-refractivity contribution is 5.98. The molecule has 0 radical (unpaired) electrons. The Labute approximate surface area is 166 Å². The highest BCUT2D eigenvalue weighted by Gasteiger charge is 2.21. The van der Waals surface area contributed by atoms with Crippen molar-refractivity contribution < 1.29 is 19.2 Å². The van der Waals surface area contributed by atoms with Gasteiger partial charge in [-0.15, -0.1) is 0 Å². The number of unbranched alkanes of at least 4 members (excludes halogenated alkanes) is 1. The Morgan fingerprint density at radius 1 is 1.29 bits per heavy atom. The fraction of sp³-hybridized carbons (Fsp3) is 0.619. The van der Waals surface area contributed by atoms with Crippen LogP contribution in [0.5, 0.6) is 5.75 Å². The Kier molecular flexibility index (Phi) is 8.42. The number of hydrogen-bond donors (Lipinski definition) is 1. The molecule has 2 rings (SSSR count). The molecule has 1 saturated carbocycles. The van der Waals surface area contributed by atoms with E-state index in [1.54, 1.807) is 6.07 Å². The lowest BCUT2D eigenvalue weighted by molar-refractivity contribution is -0.385. The number of carbonyl (C=O) groups excluding carboxylic acids is 2. The Morgan fingerprint density at radius 2 is 2.00 bits per heavy atom. The summed E-state index contributed by atoms with van der Waals surface area (Å²) in [5.41, 5.74) is -0.184. The van der Waals surface area contributed by atoms with E-state index in [2.05, 4.69) is 12.2 Å². The van der Waals surface area contributed by atoms with E-state index < -0.39 is 4.92 Å². The number of carbonyl (C=O) groups is 2. The van der Waals surface area contributed by atoms with Crippen LogP contribution in [-0.2, 0) is 4.79 Å². The number of benzene rings is 1. The molecule has 0 saturated heterocycles. The molecule has 1 amide bonds. The average molecular weight is 390 g/mol. The van der Waals surface area contributed by atoms with Crippen molar-refractivity contribution in [1.29, 1.82) is 0 Å². The van der Waals surface area contributed by atoms with E-state index in [1.807, 2.05) is 0 Å². The highest BCUT2D eigenvalue weighted by Crippen LogP contribution is 2.27. The molecule has 0 aliphatic heterocycles. The number of nitro benzene ring substituents is 1. The molecule has 0 aromatic heterocycles. The zero-order valence-corrected chi connectivity index (χ0v) is 16.7. The number of hydrogen-bond acceptors (Lipinski definition) is 5. The second-order valence-corrected chi connectivity index (χ2v) is 7.46. The minimum atomic E-state index is -0.570. The lowest BCUT2D eigenvalue weighted by Gasteiger charge is -2.20. The van der Waals surface area contributed by atoms with Gasteiger partial charge in [-0.1, -0.05) is 32.6 Å². The van der Waals surface area contributed by atoms with E-state index in [9.17, 15) is 19.7 Å². The Hall–Kier alpha value is -2.44. The third-order valence-electron chi connectivity index (χ3n) is 5.14. The van der Waals surface area contributed by atoms with Gasteiger partial charge in [0.1, 0.15) is 5.75 Å². The number of Topliss-reactive ketones (excluding diaryl/α,β-unsaturated/α-hetero) is 1. The summed E-state index contributed by atoms with van der Waals surface area (Å²) in [6.07, 6.45) is 7.89. The van der Waals surface area contributed by atoms with Crippen molar-refractivity contribution >= 4 is 17.4 Å². The lowest BCUT2D eigenvalue weighted by Crippen LogP contribution is -2.33. The van der Waals surface area contributed by atoms with Crippen molar-refractivity contribution in [2.75, 3.05) is 0 Å². The molecule has 1 unspecified atom stereocenters. The molecule has 1 N–H and O–H groups in total. The molecular formula is C21H30N2O5. The number of nitrogens with one attached hydrogen (secondary N) is 1. The van der Waals surface area contributed by atoms with Crippen LogP contribution in [0.15, 0.2) is 18.2 Å². The van der Waals surface area contributed by atoms with Crippen molar-refractivity contribution in [2.45, 2.75) is 83.8 Å². The molecule has 0 bridgehead atoms. The largest absolute Gasteiger partial charge is 0.490 e. The standard InChI is InChI=1S/C21H30N2O5/c1-3-4-9-17(11-13-21(25)22-16-7-5-6-8-16)28-18-10-12-19(15(2)24)20(14-18)23(26)27/h10,12,14,16-17H,3-9,11,13H2,1-2H3,(H,22,25). The maximum atomic E-state index is 12.2. The summed E-state index contributed by atoms with van der Waals surface area (Å²) in [6, 6.07) is 4.61. The van der Waals surface area contributed by atoms with Crippen molar-refractivity contribution in [3.8, 4) is 5.75 Å². The quantitative estimate of drug-likeness (QED) is 0.339. The summed E-state index contributed by atoms with van der Waals surface area (Å²) in [5, 5.41) is 14.3. The van der Waals surface area contributed by atoms with Crippen molar-refractivity contribution in [3.05, 3.63) is 33.9 Å². The summed E-state index contributed by atoms with van der Waals surface area (Å²) in [7, 11) is 0. The molecule has 7 nitrogen and oxygen atoms in total. The molecule has 154 valence electrons. The van der Waals surface area contributed by atoms with Gasteiger partial charge in [-0.3, -0.25) is 19.7 Å². The van der Waals surface area contributed by atoms with Crippen LogP contribution in [0.2, 0.25) is 0 Å². The zero-order valence-electron chi connectivity index (χ0n) is 16.7. The van der Waals surface area contributed by atoms with Crippen LogP contribution in [0, 0.1) is 10.1 Å². The molecule has 1 aliphatic carbocycles. The Balaban J connectivity index is 2.00. The van der Waals surface area contributed by atoms with Gasteiger partial charge in [-0.2, -0.15) is 0 Å². The Bertz CT molecular complexity index is 698. The van der Waals surface area contributed by atoms with Crippen LogP contribution in [0.4, 0.5) is 5.69 Å². The van der Waals surface area contributed by atoms with Gasteiger partial charge in [0, 0.05) is 12.5 Å². The van der Waals surface area contributed by atoms with Gasteiger partial charge in [0.25, 0.3) is 5.69 Å². The second kappa shape index (κ2) is 10.8. The van der Waals surface area contributed by atoms with Crippen molar-refractivity contribution in [2.24, 2.45) is 0 Å². The summed E-state index contributed by atoms with van der Waals surface area (Å²) in [5.74, 6) is 0.0354. The van der Waals surface area contributed by atoms with Gasteiger partial charge < -0.3 is 10.1 Å². The van der Waals surface area contributed by atoms with Gasteiger partial charge in [0.05, 0.1) is 22.7 Å². The number of rotatable bonds is 11. The lowest BCUT2D eigenvalue weighted by atomic mass is 10.1. The second-order valence-electron chi connectivity index (χ2n) is 7.46. The van der Waals surface area contributed by atoms with Crippen LogP contribution in [-0.4, -0.2) is 28.8 Å². The number of amides is 1. The minimum absolute atomic E-state index is 0.0370. The van der Waals surface area contributed by atoms with E-state index in [0.717, 1.165) is 32.1 Å². The molecule has 1 fully saturated rings. The predicted molar refractivity (Wildman–Crippen MR) is 107 cm³/mol. The fourth-order valence-corrected chi connectivity index (χ4v) is 3.58. The van der Waals surface area contributed by atoms with Crippen LogP contribution < -0.4 is 10.1 Å². The maximum Gasteiger partial charge on any atom is 0.283 e. The fourth-order valence-electron chi connectivity index (χ4n) is 3.58. The molecule has 1 aliphatic rings. The molecule has 1 aromatic rings. The first-order valence-electron chi connectivity index (χ1n) is 10.2. The SMILES string of the molecule is CCCCC(CCC(=O)NC1CCCC1)Oc1ccc(C(C)=O)c([N+](=O)[O-])c1. The normalized spacial score (nSPS) is 15.2. The summed E-state index contributed by atoms with van der Waals surface area (Å²) < 4.78 is 5.97. The first-order chi connectivity index (χ1) is 13.4. The first kappa shape index (κ1) is 21.9. The first-order valence-corrected chi connectivity index (χ1v) is 10.2. The number of nitro groups is 1. The van der Waals surface area contributed by atoms with Crippen molar-refractivity contribution in [1.82, 2.24) is 5.32 Å². The monoisotopic (exact) mass is 390 g/mol. The van der Waals surface area contributed by atoms with E-state index >= 15 is 0 Å².